The van der Waals surface area contributed by atoms with Crippen LogP contribution in [0.1, 0.15) is 21.5 Å². The smallest absolute Gasteiger partial charge is 0.269 e. The van der Waals surface area contributed by atoms with Gasteiger partial charge in [0.25, 0.3) is 5.69 Å². The van der Waals surface area contributed by atoms with Crippen molar-refractivity contribution in [2.45, 2.75) is 6.92 Å². The molecule has 1 aromatic heterocycles. The third-order valence-electron chi connectivity index (χ3n) is 3.94. The number of nitriles is 1. The van der Waals surface area contributed by atoms with Gasteiger partial charge < -0.3 is 4.98 Å². The lowest BCUT2D eigenvalue weighted by Gasteiger charge is -2.01. The lowest BCUT2D eigenvalue weighted by molar-refractivity contribution is -0.384. The highest BCUT2D eigenvalue weighted by molar-refractivity contribution is 6.20. The molecule has 6 heteroatoms. The maximum atomic E-state index is 12.8. The molecule has 1 N–H and O–H groups in total. The summed E-state index contributed by atoms with van der Waals surface area (Å²) in [6.07, 6.45) is 3.03. The molecule has 0 atom stereocenters. The predicted molar refractivity (Wildman–Crippen MR) is 94.1 cm³/mol. The lowest BCUT2D eigenvalue weighted by Crippen LogP contribution is -2.01. The van der Waals surface area contributed by atoms with Crippen LogP contribution in [0.2, 0.25) is 0 Å². The molecule has 3 rings (SSSR count). The molecule has 0 aliphatic carbocycles. The second kappa shape index (κ2) is 6.42. The summed E-state index contributed by atoms with van der Waals surface area (Å²) < 4.78 is 0. The number of aryl methyl sites for hydroxylation is 1. The van der Waals surface area contributed by atoms with E-state index < -0.39 is 4.92 Å². The Kier molecular flexibility index (Phi) is 4.14. The Morgan fingerprint density at radius 2 is 1.96 bits per heavy atom. The van der Waals surface area contributed by atoms with Crippen molar-refractivity contribution < 1.29 is 9.72 Å². The average molecular weight is 331 g/mol. The molecule has 25 heavy (non-hydrogen) atoms. The normalized spacial score (nSPS) is 11.3. The van der Waals surface area contributed by atoms with E-state index >= 15 is 0 Å². The van der Waals surface area contributed by atoms with Gasteiger partial charge in [-0.15, -0.1) is 0 Å². The molecule has 0 bridgehead atoms. The number of carbonyl (C=O) groups is 1. The van der Waals surface area contributed by atoms with Crippen LogP contribution in [0.3, 0.4) is 0 Å². The highest BCUT2D eigenvalue weighted by atomic mass is 16.6. The zero-order valence-corrected chi connectivity index (χ0v) is 13.3. The van der Waals surface area contributed by atoms with Crippen LogP contribution >= 0.6 is 0 Å². The Labute approximate surface area is 143 Å². The van der Waals surface area contributed by atoms with Crippen LogP contribution in [0.25, 0.3) is 17.0 Å². The number of benzene rings is 2. The first-order chi connectivity index (χ1) is 12.0. The zero-order chi connectivity index (χ0) is 18.0. The molecule has 0 aliphatic rings. The number of H-pyrrole nitrogens is 1. The third kappa shape index (κ3) is 3.03. The maximum Gasteiger partial charge on any atom is 0.269 e. The SMILES string of the molecule is Cc1cccc2[nH]cc(C(=O)/C(C#N)=C\c3ccc([N+](=O)[O-])cc3)c12. The molecule has 0 spiro atoms. The summed E-state index contributed by atoms with van der Waals surface area (Å²) >= 11 is 0. The summed E-state index contributed by atoms with van der Waals surface area (Å²) in [4.78, 5) is 26.0. The molecule has 3 aromatic rings. The molecular formula is C19H13N3O3. The van der Waals surface area contributed by atoms with Crippen molar-refractivity contribution in [2.24, 2.45) is 0 Å². The fraction of sp³-hybridized carbons (Fsp3) is 0.0526. The third-order valence-corrected chi connectivity index (χ3v) is 3.94. The largest absolute Gasteiger partial charge is 0.360 e. The minimum Gasteiger partial charge on any atom is -0.360 e. The first-order valence-corrected chi connectivity index (χ1v) is 7.49. The summed E-state index contributed by atoms with van der Waals surface area (Å²) in [7, 11) is 0. The van der Waals surface area contributed by atoms with Crippen LogP contribution in [0.4, 0.5) is 5.69 Å². The molecule has 0 saturated carbocycles. The van der Waals surface area contributed by atoms with Crippen LogP contribution in [0.5, 0.6) is 0 Å². The number of ketones is 1. The number of fused-ring (bicyclic) bond motifs is 1. The van der Waals surface area contributed by atoms with Crippen LogP contribution in [0.15, 0.2) is 54.2 Å². The molecule has 0 unspecified atom stereocenters. The second-order valence-corrected chi connectivity index (χ2v) is 5.55. The standard InChI is InChI=1S/C19H13N3O3/c1-12-3-2-4-17-18(12)16(11-21-17)19(23)14(10-20)9-13-5-7-15(8-6-13)22(24)25/h2-9,11,21H,1H3/b14-9-. The van der Waals surface area contributed by atoms with Crippen molar-refractivity contribution in [3.05, 3.63) is 81.0 Å². The van der Waals surface area contributed by atoms with E-state index in [1.807, 2.05) is 31.2 Å². The van der Waals surface area contributed by atoms with E-state index in [4.69, 9.17) is 0 Å². The number of non-ortho nitro benzene ring substituents is 1. The van der Waals surface area contributed by atoms with E-state index in [0.717, 1.165) is 16.5 Å². The van der Waals surface area contributed by atoms with E-state index in [-0.39, 0.29) is 17.0 Å². The van der Waals surface area contributed by atoms with Gasteiger partial charge in [0.05, 0.1) is 4.92 Å². The Morgan fingerprint density at radius 1 is 1.24 bits per heavy atom. The van der Waals surface area contributed by atoms with Gasteiger partial charge in [-0.25, -0.2) is 0 Å². The van der Waals surface area contributed by atoms with E-state index in [1.165, 1.54) is 30.3 Å². The van der Waals surface area contributed by atoms with Gasteiger partial charge in [-0.1, -0.05) is 12.1 Å². The summed E-state index contributed by atoms with van der Waals surface area (Å²) in [6, 6.07) is 13.3. The van der Waals surface area contributed by atoms with Crippen molar-refractivity contribution >= 4 is 28.4 Å². The number of allylic oxidation sites excluding steroid dienone is 1. The van der Waals surface area contributed by atoms with Crippen molar-refractivity contribution in [1.82, 2.24) is 4.98 Å². The highest BCUT2D eigenvalue weighted by Crippen LogP contribution is 2.25. The van der Waals surface area contributed by atoms with Gasteiger partial charge in [-0.05, 0) is 42.3 Å². The van der Waals surface area contributed by atoms with Gasteiger partial charge in [0.15, 0.2) is 0 Å². The number of hydrogen-bond donors (Lipinski definition) is 1. The molecule has 0 amide bonds. The fourth-order valence-electron chi connectivity index (χ4n) is 2.70. The summed E-state index contributed by atoms with van der Waals surface area (Å²) in [5, 5.41) is 20.9. The molecule has 0 aliphatic heterocycles. The molecule has 6 nitrogen and oxygen atoms in total. The van der Waals surface area contributed by atoms with Crippen molar-refractivity contribution in [3.8, 4) is 6.07 Å². The van der Waals surface area contributed by atoms with Gasteiger partial charge >= 0.3 is 0 Å². The summed E-state index contributed by atoms with van der Waals surface area (Å²) in [5.41, 5.74) is 2.67. The first kappa shape index (κ1) is 16.1. The number of nitro groups is 1. The van der Waals surface area contributed by atoms with E-state index in [0.29, 0.717) is 11.1 Å². The van der Waals surface area contributed by atoms with Gasteiger partial charge in [0.2, 0.25) is 5.78 Å². The summed E-state index contributed by atoms with van der Waals surface area (Å²) in [6.45, 7) is 1.90. The Morgan fingerprint density at radius 3 is 2.60 bits per heavy atom. The Balaban J connectivity index is 2.01. The van der Waals surface area contributed by atoms with Crippen LogP contribution in [-0.2, 0) is 0 Å². The second-order valence-electron chi connectivity index (χ2n) is 5.55. The molecule has 0 fully saturated rings. The van der Waals surface area contributed by atoms with Crippen LogP contribution in [0, 0.1) is 28.4 Å². The van der Waals surface area contributed by atoms with Gasteiger partial charge in [-0.2, -0.15) is 5.26 Å². The number of nitrogens with zero attached hydrogens (tertiary/aromatic N) is 2. The van der Waals surface area contributed by atoms with Crippen LogP contribution < -0.4 is 0 Å². The minimum absolute atomic E-state index is 0.0296. The topological polar surface area (TPSA) is 99.8 Å². The minimum atomic E-state index is -0.501. The van der Waals surface area contributed by atoms with E-state index in [2.05, 4.69) is 4.98 Å². The van der Waals surface area contributed by atoms with Crippen molar-refractivity contribution in [3.63, 3.8) is 0 Å². The number of hydrogen-bond acceptors (Lipinski definition) is 4. The number of aromatic amines is 1. The van der Waals surface area contributed by atoms with E-state index in [1.54, 1.807) is 6.20 Å². The van der Waals surface area contributed by atoms with Crippen molar-refractivity contribution in [2.75, 3.05) is 0 Å². The number of nitrogens with one attached hydrogen (secondary N) is 1. The van der Waals surface area contributed by atoms with Crippen molar-refractivity contribution in [1.29, 1.82) is 5.26 Å². The number of aromatic nitrogens is 1. The first-order valence-electron chi connectivity index (χ1n) is 7.49. The predicted octanol–water partition coefficient (Wildman–Crippen LogP) is 4.17. The molecule has 122 valence electrons. The quantitative estimate of drug-likeness (QED) is 0.255. The highest BCUT2D eigenvalue weighted by Gasteiger charge is 2.18. The Bertz CT molecular complexity index is 1050. The molecule has 0 radical (unpaired) electrons. The van der Waals surface area contributed by atoms with E-state index in [9.17, 15) is 20.2 Å². The molecular weight excluding hydrogens is 318 g/mol. The van der Waals surface area contributed by atoms with Crippen LogP contribution in [-0.4, -0.2) is 15.7 Å². The van der Waals surface area contributed by atoms with Gasteiger partial charge in [0.1, 0.15) is 11.6 Å². The number of nitro benzene ring substituents is 1. The molecule has 0 saturated heterocycles. The Hall–Kier alpha value is -3.72. The number of carbonyl (C=O) groups excluding carboxylic acids is 1. The van der Waals surface area contributed by atoms with Gasteiger partial charge in [0, 0.05) is 34.8 Å². The number of rotatable bonds is 4. The monoisotopic (exact) mass is 331 g/mol. The lowest BCUT2D eigenvalue weighted by atomic mass is 9.99. The fourth-order valence-corrected chi connectivity index (χ4v) is 2.70. The maximum absolute atomic E-state index is 12.8. The zero-order valence-electron chi connectivity index (χ0n) is 13.3. The molecule has 2 aromatic carbocycles. The van der Waals surface area contributed by atoms with Gasteiger partial charge in [-0.3, -0.25) is 14.9 Å². The average Bonchev–Trinajstić information content (AvgIpc) is 3.05. The number of Topliss-reactive ketones (excluding diaryl/α,β-unsaturated/α-hetero) is 1. The molecule has 1 heterocycles. The summed E-state index contributed by atoms with van der Waals surface area (Å²) in [5.74, 6) is -0.388.